The van der Waals surface area contributed by atoms with Crippen molar-refractivity contribution in [2.75, 3.05) is 0 Å². The van der Waals surface area contributed by atoms with Gasteiger partial charge in [0, 0.05) is 0 Å². The van der Waals surface area contributed by atoms with Gasteiger partial charge >= 0.3 is 5.97 Å². The van der Waals surface area contributed by atoms with Crippen molar-refractivity contribution in [3.05, 3.63) is 29.6 Å². The second-order valence-electron chi connectivity index (χ2n) is 4.97. The van der Waals surface area contributed by atoms with E-state index in [1.807, 2.05) is 13.8 Å². The molecule has 21 heavy (non-hydrogen) atoms. The van der Waals surface area contributed by atoms with Crippen molar-refractivity contribution < 1.29 is 14.3 Å². The lowest BCUT2D eigenvalue weighted by Gasteiger charge is -2.16. The molecule has 2 aromatic rings. The molecular formula is C14H17FN4O2. The van der Waals surface area contributed by atoms with Crippen LogP contribution in [0, 0.1) is 12.7 Å². The van der Waals surface area contributed by atoms with Crippen LogP contribution in [0.4, 0.5) is 4.39 Å². The summed E-state index contributed by atoms with van der Waals surface area (Å²) < 4.78 is 15.4. The van der Waals surface area contributed by atoms with E-state index in [1.165, 1.54) is 10.7 Å². The lowest BCUT2D eigenvalue weighted by molar-refractivity contribution is -0.138. The molecule has 2 rings (SSSR count). The van der Waals surface area contributed by atoms with Crippen LogP contribution >= 0.6 is 0 Å². The number of nitrogens with zero attached hydrogens (tertiary/aromatic N) is 4. The fourth-order valence-corrected chi connectivity index (χ4v) is 2.27. The number of rotatable bonds is 6. The van der Waals surface area contributed by atoms with Gasteiger partial charge in [-0.3, -0.25) is 4.79 Å². The van der Waals surface area contributed by atoms with E-state index in [9.17, 15) is 9.18 Å². The number of carbonyl (C=O) groups is 1. The normalized spacial score (nSPS) is 12.3. The number of halogens is 1. The van der Waals surface area contributed by atoms with E-state index in [0.29, 0.717) is 6.42 Å². The van der Waals surface area contributed by atoms with Crippen LogP contribution < -0.4 is 0 Å². The van der Waals surface area contributed by atoms with Gasteiger partial charge in [0.05, 0.1) is 18.0 Å². The molecule has 0 aliphatic rings. The van der Waals surface area contributed by atoms with Crippen molar-refractivity contribution in [2.45, 2.75) is 39.2 Å². The number of aryl methyl sites for hydroxylation is 1. The number of hydrogen-bond donors (Lipinski definition) is 1. The molecule has 0 radical (unpaired) electrons. The van der Waals surface area contributed by atoms with E-state index in [-0.39, 0.29) is 17.8 Å². The molecule has 0 aliphatic carbocycles. The van der Waals surface area contributed by atoms with E-state index >= 15 is 0 Å². The third kappa shape index (κ3) is 3.42. The van der Waals surface area contributed by atoms with Crippen molar-refractivity contribution in [2.24, 2.45) is 0 Å². The van der Waals surface area contributed by atoms with Gasteiger partial charge in [0.2, 0.25) is 0 Å². The van der Waals surface area contributed by atoms with E-state index in [0.717, 1.165) is 12.0 Å². The van der Waals surface area contributed by atoms with Crippen LogP contribution in [0.1, 0.15) is 37.8 Å². The molecular weight excluding hydrogens is 275 g/mol. The quantitative estimate of drug-likeness (QED) is 0.885. The molecule has 0 spiro atoms. The zero-order valence-corrected chi connectivity index (χ0v) is 12.0. The van der Waals surface area contributed by atoms with Crippen molar-refractivity contribution in [1.29, 1.82) is 0 Å². The van der Waals surface area contributed by atoms with Gasteiger partial charge in [-0.25, -0.2) is 9.07 Å². The van der Waals surface area contributed by atoms with Crippen LogP contribution in [0.15, 0.2) is 18.2 Å². The minimum absolute atomic E-state index is 0.0979. The van der Waals surface area contributed by atoms with Gasteiger partial charge in [0.15, 0.2) is 5.82 Å². The van der Waals surface area contributed by atoms with Crippen LogP contribution in [-0.2, 0) is 4.79 Å². The number of aromatic nitrogens is 4. The average molecular weight is 292 g/mol. The number of benzene rings is 1. The molecule has 1 aromatic carbocycles. The van der Waals surface area contributed by atoms with E-state index < -0.39 is 17.8 Å². The zero-order valence-electron chi connectivity index (χ0n) is 12.0. The molecule has 0 saturated carbocycles. The Kier molecular flexibility index (Phi) is 4.62. The summed E-state index contributed by atoms with van der Waals surface area (Å²) in [6.45, 7) is 3.80. The predicted octanol–water partition coefficient (Wildman–Crippen LogP) is 2.60. The van der Waals surface area contributed by atoms with E-state index in [4.69, 9.17) is 5.11 Å². The maximum atomic E-state index is 14.0. The fourth-order valence-electron chi connectivity index (χ4n) is 2.27. The molecule has 1 N–H and O–H groups in total. The molecule has 1 atom stereocenters. The van der Waals surface area contributed by atoms with Crippen LogP contribution in [0.25, 0.3) is 11.4 Å². The Balaban J connectivity index is 2.45. The summed E-state index contributed by atoms with van der Waals surface area (Å²) >= 11 is 0. The highest BCUT2D eigenvalue weighted by Gasteiger charge is 2.22. The average Bonchev–Trinajstić information content (AvgIpc) is 2.89. The number of carboxylic acids is 1. The smallest absolute Gasteiger partial charge is 0.305 e. The molecule has 0 saturated heterocycles. The lowest BCUT2D eigenvalue weighted by atomic mass is 10.1. The first kappa shape index (κ1) is 15.1. The maximum absolute atomic E-state index is 14.0. The highest BCUT2D eigenvalue weighted by atomic mass is 19.1. The van der Waals surface area contributed by atoms with Gasteiger partial charge in [-0.15, -0.1) is 5.10 Å². The summed E-state index contributed by atoms with van der Waals surface area (Å²) in [6, 6.07) is 4.28. The Morgan fingerprint density at radius 2 is 2.24 bits per heavy atom. The standard InChI is InChI=1S/C14H17FN4O2/c1-3-4-10(8-13(20)21)19-14(16-17-18-19)11-7-9(2)5-6-12(11)15/h5-7,10H,3-4,8H2,1-2H3,(H,20,21). The first-order valence-electron chi connectivity index (χ1n) is 6.79. The number of aliphatic carboxylic acids is 1. The summed E-state index contributed by atoms with van der Waals surface area (Å²) in [5.74, 6) is -1.10. The first-order valence-corrected chi connectivity index (χ1v) is 6.79. The number of hydrogen-bond acceptors (Lipinski definition) is 4. The number of tetrazole rings is 1. The number of carboxylic acid groups (broad SMARTS) is 1. The van der Waals surface area contributed by atoms with Crippen molar-refractivity contribution in [3.8, 4) is 11.4 Å². The van der Waals surface area contributed by atoms with Crippen molar-refractivity contribution in [3.63, 3.8) is 0 Å². The molecule has 0 bridgehead atoms. The molecule has 7 heteroatoms. The Hall–Kier alpha value is -2.31. The lowest BCUT2D eigenvalue weighted by Crippen LogP contribution is -2.16. The SMILES string of the molecule is CCCC(CC(=O)O)n1nnnc1-c1cc(C)ccc1F. The van der Waals surface area contributed by atoms with Crippen molar-refractivity contribution in [1.82, 2.24) is 20.2 Å². The van der Waals surface area contributed by atoms with Crippen LogP contribution in [0.3, 0.4) is 0 Å². The van der Waals surface area contributed by atoms with Gasteiger partial charge in [-0.05, 0) is 35.9 Å². The summed E-state index contributed by atoms with van der Waals surface area (Å²) in [4.78, 5) is 11.0. The van der Waals surface area contributed by atoms with E-state index in [2.05, 4.69) is 15.5 Å². The van der Waals surface area contributed by atoms with Gasteiger partial charge in [-0.2, -0.15) is 0 Å². The predicted molar refractivity (Wildman–Crippen MR) is 74.1 cm³/mol. The Bertz CT molecular complexity index is 642. The van der Waals surface area contributed by atoms with Crippen LogP contribution in [0.5, 0.6) is 0 Å². The van der Waals surface area contributed by atoms with Gasteiger partial charge in [0.1, 0.15) is 5.82 Å². The maximum Gasteiger partial charge on any atom is 0.305 e. The monoisotopic (exact) mass is 292 g/mol. The minimum Gasteiger partial charge on any atom is -0.481 e. The molecule has 1 heterocycles. The van der Waals surface area contributed by atoms with Gasteiger partial charge < -0.3 is 5.11 Å². The molecule has 1 unspecified atom stereocenters. The van der Waals surface area contributed by atoms with Crippen LogP contribution in [0.2, 0.25) is 0 Å². The molecule has 1 aromatic heterocycles. The van der Waals surface area contributed by atoms with Crippen LogP contribution in [-0.4, -0.2) is 31.3 Å². The Morgan fingerprint density at radius 3 is 2.90 bits per heavy atom. The van der Waals surface area contributed by atoms with Crippen molar-refractivity contribution >= 4 is 5.97 Å². The van der Waals surface area contributed by atoms with E-state index in [1.54, 1.807) is 12.1 Å². The summed E-state index contributed by atoms with van der Waals surface area (Å²) in [5.41, 5.74) is 1.16. The first-order chi connectivity index (χ1) is 10.0. The molecule has 112 valence electrons. The molecule has 6 nitrogen and oxygen atoms in total. The summed E-state index contributed by atoms with van der Waals surface area (Å²) in [7, 11) is 0. The van der Waals surface area contributed by atoms with Gasteiger partial charge in [0.25, 0.3) is 0 Å². The molecule has 0 aliphatic heterocycles. The Morgan fingerprint density at radius 1 is 1.48 bits per heavy atom. The second kappa shape index (κ2) is 6.43. The highest BCUT2D eigenvalue weighted by Crippen LogP contribution is 2.26. The largest absolute Gasteiger partial charge is 0.481 e. The second-order valence-corrected chi connectivity index (χ2v) is 4.97. The minimum atomic E-state index is -0.931. The van der Waals surface area contributed by atoms with Gasteiger partial charge in [-0.1, -0.05) is 25.0 Å². The zero-order chi connectivity index (χ0) is 15.4. The third-order valence-electron chi connectivity index (χ3n) is 3.23. The summed E-state index contributed by atoms with van der Waals surface area (Å²) in [6.07, 6.45) is 1.30. The molecule has 0 fully saturated rings. The fraction of sp³-hybridized carbons (Fsp3) is 0.429. The highest BCUT2D eigenvalue weighted by molar-refractivity contribution is 5.67. The Labute approximate surface area is 121 Å². The molecule has 0 amide bonds. The summed E-state index contributed by atoms with van der Waals surface area (Å²) in [5, 5.41) is 20.3. The topological polar surface area (TPSA) is 80.9 Å². The third-order valence-corrected chi connectivity index (χ3v) is 3.23.